The van der Waals surface area contributed by atoms with Gasteiger partial charge in [-0.05, 0) is 30.4 Å². The van der Waals surface area contributed by atoms with Crippen LogP contribution in [-0.2, 0) is 9.53 Å². The minimum Gasteiger partial charge on any atom is -0.439 e. The fraction of sp³-hybridized carbons (Fsp3) is 0.444. The smallest absolute Gasteiger partial charge is 0.417 e. The summed E-state index contributed by atoms with van der Waals surface area (Å²) in [5, 5.41) is 0. The molecule has 2 aliphatic heterocycles. The van der Waals surface area contributed by atoms with Crippen molar-refractivity contribution in [3.63, 3.8) is 0 Å². The van der Waals surface area contributed by atoms with Gasteiger partial charge in [0.1, 0.15) is 6.10 Å². The molecule has 2 fully saturated rings. The van der Waals surface area contributed by atoms with Crippen LogP contribution in [0.2, 0.25) is 0 Å². The van der Waals surface area contributed by atoms with Crippen molar-refractivity contribution in [2.45, 2.75) is 32.4 Å². The van der Waals surface area contributed by atoms with E-state index in [-0.39, 0.29) is 17.9 Å². The summed E-state index contributed by atoms with van der Waals surface area (Å²) in [4.78, 5) is 26.3. The normalized spacial score (nSPS) is 25.3. The highest BCUT2D eigenvalue weighted by molar-refractivity contribution is 8.22. The molecule has 2 amide bonds. The van der Waals surface area contributed by atoms with E-state index in [1.54, 1.807) is 23.5 Å². The maximum Gasteiger partial charge on any atom is 0.417 e. The predicted octanol–water partition coefficient (Wildman–Crippen LogP) is 4.44. The van der Waals surface area contributed by atoms with Crippen molar-refractivity contribution < 1.29 is 14.3 Å². The van der Waals surface area contributed by atoms with Crippen molar-refractivity contribution >= 4 is 35.5 Å². The zero-order valence-electron chi connectivity index (χ0n) is 13.8. The third kappa shape index (κ3) is 3.64. The molecule has 4 nitrogen and oxygen atoms in total. The Balaban J connectivity index is 1.73. The van der Waals surface area contributed by atoms with Gasteiger partial charge < -0.3 is 4.74 Å². The first-order chi connectivity index (χ1) is 11.6. The number of imide groups is 1. The molecule has 0 saturated carbocycles. The van der Waals surface area contributed by atoms with Crippen LogP contribution in [0.4, 0.5) is 4.79 Å². The van der Waals surface area contributed by atoms with Gasteiger partial charge in [0.25, 0.3) is 0 Å². The van der Waals surface area contributed by atoms with Crippen molar-refractivity contribution in [3.05, 3.63) is 46.2 Å². The molecule has 3 rings (SSSR count). The quantitative estimate of drug-likeness (QED) is 0.794. The second kappa shape index (κ2) is 7.66. The summed E-state index contributed by atoms with van der Waals surface area (Å²) < 4.78 is 6.65. The van der Waals surface area contributed by atoms with Gasteiger partial charge in [0.2, 0.25) is 5.91 Å². The van der Waals surface area contributed by atoms with E-state index < -0.39 is 12.2 Å². The molecule has 1 aromatic carbocycles. The molecule has 0 aliphatic carbocycles. The van der Waals surface area contributed by atoms with Crippen molar-refractivity contribution in [2.75, 3.05) is 11.5 Å². The summed E-state index contributed by atoms with van der Waals surface area (Å²) in [6, 6.07) is 9.27. The number of thioether (sulfide) groups is 2. The molecule has 2 aliphatic rings. The van der Waals surface area contributed by atoms with Crippen LogP contribution in [0.1, 0.15) is 31.9 Å². The molecule has 0 bridgehead atoms. The van der Waals surface area contributed by atoms with Gasteiger partial charge in [0.15, 0.2) is 0 Å². The standard InChI is InChI=1S/C18H21NO3S2/c1-12(11-15-23-9-6-10-24-15)17(20)19-13(2)16(22-18(19)21)14-7-4-3-5-8-14/h3-5,7-8,11-13,16H,6,9-10H2,1-2H3/t12-,13+,16+/m0/s1. The van der Waals surface area contributed by atoms with Gasteiger partial charge in [-0.15, -0.1) is 23.5 Å². The lowest BCUT2D eigenvalue weighted by molar-refractivity contribution is -0.131. The largest absolute Gasteiger partial charge is 0.439 e. The number of cyclic esters (lactones) is 1. The van der Waals surface area contributed by atoms with Crippen LogP contribution in [-0.4, -0.2) is 34.4 Å². The SMILES string of the molecule is C[C@@H]1[C@H](c2ccccc2)OC(=O)N1C(=O)[C@@H](C)C=C1SCCCS1. The van der Waals surface area contributed by atoms with E-state index in [4.69, 9.17) is 4.74 Å². The Kier molecular flexibility index (Phi) is 5.56. The highest BCUT2D eigenvalue weighted by Gasteiger charge is 2.44. The zero-order chi connectivity index (χ0) is 17.1. The van der Waals surface area contributed by atoms with Crippen LogP contribution in [0.5, 0.6) is 0 Å². The van der Waals surface area contributed by atoms with Gasteiger partial charge in [0.05, 0.1) is 12.0 Å². The molecule has 2 heterocycles. The zero-order valence-corrected chi connectivity index (χ0v) is 15.4. The molecule has 0 aromatic heterocycles. The monoisotopic (exact) mass is 363 g/mol. The summed E-state index contributed by atoms with van der Waals surface area (Å²) in [7, 11) is 0. The Morgan fingerprint density at radius 2 is 1.96 bits per heavy atom. The van der Waals surface area contributed by atoms with Crippen molar-refractivity contribution in [1.82, 2.24) is 4.90 Å². The maximum atomic E-state index is 12.8. The molecule has 0 radical (unpaired) electrons. The molecular weight excluding hydrogens is 342 g/mol. The summed E-state index contributed by atoms with van der Waals surface area (Å²) in [6.45, 7) is 3.71. The first-order valence-corrected chi connectivity index (χ1v) is 10.1. The van der Waals surface area contributed by atoms with E-state index in [1.165, 1.54) is 15.6 Å². The van der Waals surface area contributed by atoms with Gasteiger partial charge in [-0.1, -0.05) is 43.3 Å². The lowest BCUT2D eigenvalue weighted by atomic mass is 10.0. The van der Waals surface area contributed by atoms with Crippen molar-refractivity contribution in [3.8, 4) is 0 Å². The molecule has 0 unspecified atom stereocenters. The summed E-state index contributed by atoms with van der Waals surface area (Å²) >= 11 is 3.58. The number of nitrogens with zero attached hydrogens (tertiary/aromatic N) is 1. The van der Waals surface area contributed by atoms with Gasteiger partial charge in [0, 0.05) is 4.24 Å². The Hall–Kier alpha value is -1.40. The Labute approximate surface area is 151 Å². The van der Waals surface area contributed by atoms with E-state index in [0.717, 1.165) is 17.1 Å². The number of benzene rings is 1. The number of carbonyl (C=O) groups is 2. The third-order valence-corrected chi connectivity index (χ3v) is 6.72. The lowest BCUT2D eigenvalue weighted by Crippen LogP contribution is -2.40. The number of ether oxygens (including phenoxy) is 1. The average Bonchev–Trinajstić information content (AvgIpc) is 2.90. The Morgan fingerprint density at radius 3 is 2.62 bits per heavy atom. The van der Waals surface area contributed by atoms with E-state index >= 15 is 0 Å². The van der Waals surface area contributed by atoms with E-state index in [9.17, 15) is 9.59 Å². The number of hydrogen-bond donors (Lipinski definition) is 0. The lowest BCUT2D eigenvalue weighted by Gasteiger charge is -2.22. The molecule has 24 heavy (non-hydrogen) atoms. The number of amides is 2. The van der Waals surface area contributed by atoms with Gasteiger partial charge >= 0.3 is 6.09 Å². The first kappa shape index (κ1) is 17.4. The van der Waals surface area contributed by atoms with Gasteiger partial charge in [-0.3, -0.25) is 4.79 Å². The van der Waals surface area contributed by atoms with E-state index in [1.807, 2.05) is 50.3 Å². The van der Waals surface area contributed by atoms with Gasteiger partial charge in [-0.2, -0.15) is 0 Å². The van der Waals surface area contributed by atoms with Crippen LogP contribution in [0.3, 0.4) is 0 Å². The molecule has 3 atom stereocenters. The molecule has 2 saturated heterocycles. The van der Waals surface area contributed by atoms with E-state index in [0.29, 0.717) is 0 Å². The fourth-order valence-corrected chi connectivity index (χ4v) is 5.48. The second-order valence-electron chi connectivity index (χ2n) is 5.99. The second-order valence-corrected chi connectivity index (χ2v) is 8.52. The van der Waals surface area contributed by atoms with Crippen LogP contribution < -0.4 is 0 Å². The predicted molar refractivity (Wildman–Crippen MR) is 98.8 cm³/mol. The van der Waals surface area contributed by atoms with Crippen molar-refractivity contribution in [2.24, 2.45) is 5.92 Å². The first-order valence-electron chi connectivity index (χ1n) is 8.14. The number of carbonyl (C=O) groups excluding carboxylic acids is 2. The summed E-state index contributed by atoms with van der Waals surface area (Å²) in [5.74, 6) is 1.67. The number of rotatable bonds is 3. The fourth-order valence-electron chi connectivity index (χ4n) is 2.88. The highest BCUT2D eigenvalue weighted by atomic mass is 32.2. The molecule has 1 aromatic rings. The van der Waals surface area contributed by atoms with E-state index in [2.05, 4.69) is 0 Å². The van der Waals surface area contributed by atoms with Crippen LogP contribution in [0.25, 0.3) is 0 Å². The molecule has 128 valence electrons. The third-order valence-electron chi connectivity index (χ3n) is 4.19. The van der Waals surface area contributed by atoms with Crippen molar-refractivity contribution in [1.29, 1.82) is 0 Å². The Bertz CT molecular complexity index is 639. The molecule has 0 spiro atoms. The molecule has 6 heteroatoms. The molecular formula is C18H21NO3S2. The van der Waals surface area contributed by atoms with Crippen LogP contribution in [0.15, 0.2) is 40.6 Å². The number of hydrogen-bond acceptors (Lipinski definition) is 5. The summed E-state index contributed by atoms with van der Waals surface area (Å²) in [6.07, 6.45) is 2.23. The summed E-state index contributed by atoms with van der Waals surface area (Å²) in [5.41, 5.74) is 0.915. The van der Waals surface area contributed by atoms with Crippen LogP contribution in [0, 0.1) is 5.92 Å². The minimum absolute atomic E-state index is 0.190. The topological polar surface area (TPSA) is 46.6 Å². The maximum absolute atomic E-state index is 12.8. The van der Waals surface area contributed by atoms with Gasteiger partial charge in [-0.25, -0.2) is 9.69 Å². The molecule has 0 N–H and O–H groups in total. The average molecular weight is 364 g/mol. The van der Waals surface area contributed by atoms with Crippen LogP contribution >= 0.6 is 23.5 Å². The highest BCUT2D eigenvalue weighted by Crippen LogP contribution is 2.37. The minimum atomic E-state index is -0.546. The Morgan fingerprint density at radius 1 is 1.29 bits per heavy atom.